The summed E-state index contributed by atoms with van der Waals surface area (Å²) >= 11 is 0. The van der Waals surface area contributed by atoms with Gasteiger partial charge in [-0.05, 0) is 13.8 Å². The Morgan fingerprint density at radius 3 is 2.33 bits per heavy atom. The zero-order valence-corrected chi connectivity index (χ0v) is 19.0. The van der Waals surface area contributed by atoms with Crippen molar-refractivity contribution < 1.29 is 4.79 Å². The fraction of sp³-hybridized carbons (Fsp3) is 0.435. The van der Waals surface area contributed by atoms with Crippen LogP contribution in [0.4, 0.5) is 0 Å². The Bertz CT molecular complexity index is 1000. The van der Waals surface area contributed by atoms with E-state index < -0.39 is 0 Å². The molecule has 0 spiro atoms. The average molecular weight is 409 g/mol. The minimum Gasteiger partial charge on any atom is -0.300 e. The summed E-state index contributed by atoms with van der Waals surface area (Å²) < 4.78 is 3.72. The maximum atomic E-state index is 11.8. The molecule has 0 saturated heterocycles. The molecule has 3 aromatic rings. The molecule has 30 heavy (non-hydrogen) atoms. The number of aromatic nitrogens is 5. The number of carbonyl (C=O) groups is 1. The summed E-state index contributed by atoms with van der Waals surface area (Å²) in [5, 5.41) is 13.1. The van der Waals surface area contributed by atoms with E-state index in [2.05, 4.69) is 29.1 Å². The van der Waals surface area contributed by atoms with E-state index in [-0.39, 0.29) is 18.2 Å². The summed E-state index contributed by atoms with van der Waals surface area (Å²) in [4.78, 5) is 16.7. The molecule has 4 rings (SSSR count). The molecule has 0 aliphatic carbocycles. The van der Waals surface area contributed by atoms with E-state index >= 15 is 0 Å². The minimum absolute atomic E-state index is 0.0634. The normalized spacial score (nSPS) is 14.1. The van der Waals surface area contributed by atoms with E-state index in [1.165, 1.54) is 6.42 Å². The molecule has 1 aromatic carbocycles. The van der Waals surface area contributed by atoms with Crippen LogP contribution < -0.4 is 0 Å². The highest BCUT2D eigenvalue weighted by atomic mass is 16.1. The van der Waals surface area contributed by atoms with Gasteiger partial charge in [-0.1, -0.05) is 64.4 Å². The lowest BCUT2D eigenvalue weighted by Gasteiger charge is -2.10. The molecule has 1 aliphatic rings. The number of aryl methyl sites for hydroxylation is 2. The first-order chi connectivity index (χ1) is 14.5. The van der Waals surface area contributed by atoms with Gasteiger partial charge in [0, 0.05) is 25.2 Å². The highest BCUT2D eigenvalue weighted by Crippen LogP contribution is 2.31. The van der Waals surface area contributed by atoms with Crippen molar-refractivity contribution in [1.29, 1.82) is 0 Å². The molecule has 0 N–H and O–H groups in total. The lowest BCUT2D eigenvalue weighted by atomic mass is 10.1. The van der Waals surface area contributed by atoms with Gasteiger partial charge in [-0.15, -0.1) is 10.2 Å². The van der Waals surface area contributed by atoms with E-state index in [9.17, 15) is 4.79 Å². The van der Waals surface area contributed by atoms with Crippen molar-refractivity contribution in [2.45, 2.75) is 60.4 Å². The first-order valence-corrected chi connectivity index (χ1v) is 10.5. The van der Waals surface area contributed by atoms with Gasteiger partial charge < -0.3 is 0 Å². The molecule has 1 atom stereocenters. The Morgan fingerprint density at radius 1 is 1.10 bits per heavy atom. The van der Waals surface area contributed by atoms with Crippen LogP contribution in [0.3, 0.4) is 0 Å². The van der Waals surface area contributed by atoms with Gasteiger partial charge in [-0.3, -0.25) is 19.0 Å². The number of ketones is 1. The van der Waals surface area contributed by atoms with Gasteiger partial charge in [0.2, 0.25) is 0 Å². The first kappa shape index (κ1) is 23.2. The van der Waals surface area contributed by atoms with Crippen molar-refractivity contribution in [3.63, 3.8) is 0 Å². The summed E-state index contributed by atoms with van der Waals surface area (Å²) in [6.45, 7) is 11.7. The SMILES string of the molecule is CC.CC(=O)C[C@@H]1N=C(c2ccccc2)c2nn(C)cc2-n2c(C)nnc21.CCC. The van der Waals surface area contributed by atoms with Crippen LogP contribution in [0, 0.1) is 6.92 Å². The predicted octanol–water partition coefficient (Wildman–Crippen LogP) is 4.62. The molecule has 0 saturated carbocycles. The second-order valence-electron chi connectivity index (χ2n) is 6.95. The number of nitrogens with zero attached hydrogens (tertiary/aromatic N) is 6. The summed E-state index contributed by atoms with van der Waals surface area (Å²) in [5.41, 5.74) is 3.39. The zero-order chi connectivity index (χ0) is 22.3. The van der Waals surface area contributed by atoms with Crippen molar-refractivity contribution >= 4 is 11.5 Å². The molecular weight excluding hydrogens is 376 g/mol. The quantitative estimate of drug-likeness (QED) is 0.633. The number of aliphatic imine (C=N–C) groups is 1. The molecule has 0 unspecified atom stereocenters. The lowest BCUT2D eigenvalue weighted by molar-refractivity contribution is -0.117. The maximum absolute atomic E-state index is 11.8. The van der Waals surface area contributed by atoms with Gasteiger partial charge in [0.05, 0.1) is 11.4 Å². The number of Topliss-reactive ketones (excluding diaryl/α,β-unsaturated/α-hetero) is 1. The predicted molar refractivity (Wildman–Crippen MR) is 120 cm³/mol. The Hall–Kier alpha value is -3.09. The van der Waals surface area contributed by atoms with Crippen LogP contribution in [-0.2, 0) is 11.8 Å². The molecule has 0 fully saturated rings. The van der Waals surface area contributed by atoms with Gasteiger partial charge in [-0.25, -0.2) is 0 Å². The molecule has 2 aromatic heterocycles. The van der Waals surface area contributed by atoms with Crippen LogP contribution in [0.1, 0.15) is 76.4 Å². The Kier molecular flexibility index (Phi) is 8.21. The number of benzene rings is 1. The summed E-state index contributed by atoms with van der Waals surface area (Å²) in [6.07, 6.45) is 3.47. The van der Waals surface area contributed by atoms with E-state index in [4.69, 9.17) is 4.99 Å². The van der Waals surface area contributed by atoms with Gasteiger partial charge in [0.15, 0.2) is 5.82 Å². The van der Waals surface area contributed by atoms with Crippen LogP contribution in [-0.4, -0.2) is 36.0 Å². The number of fused-ring (bicyclic) bond motifs is 3. The van der Waals surface area contributed by atoms with E-state index in [1.807, 2.05) is 68.9 Å². The minimum atomic E-state index is -0.381. The van der Waals surface area contributed by atoms with Crippen molar-refractivity contribution in [1.82, 2.24) is 24.5 Å². The van der Waals surface area contributed by atoms with E-state index in [0.717, 1.165) is 28.5 Å². The number of carbonyl (C=O) groups excluding carboxylic acids is 1. The number of rotatable bonds is 3. The fourth-order valence-electron chi connectivity index (χ4n) is 3.19. The van der Waals surface area contributed by atoms with E-state index in [0.29, 0.717) is 5.82 Å². The van der Waals surface area contributed by atoms with Crippen molar-refractivity contribution in [2.75, 3.05) is 0 Å². The van der Waals surface area contributed by atoms with Gasteiger partial charge in [0.1, 0.15) is 23.3 Å². The topological polar surface area (TPSA) is 78.0 Å². The van der Waals surface area contributed by atoms with E-state index in [1.54, 1.807) is 11.6 Å². The molecule has 160 valence electrons. The molecule has 0 amide bonds. The third-order valence-electron chi connectivity index (χ3n) is 4.24. The smallest absolute Gasteiger partial charge is 0.163 e. The van der Waals surface area contributed by atoms with Gasteiger partial charge >= 0.3 is 0 Å². The number of hydrogen-bond donors (Lipinski definition) is 0. The molecule has 0 bridgehead atoms. The highest BCUT2D eigenvalue weighted by molar-refractivity contribution is 6.14. The summed E-state index contributed by atoms with van der Waals surface area (Å²) in [7, 11) is 1.88. The lowest BCUT2D eigenvalue weighted by Crippen LogP contribution is -2.10. The van der Waals surface area contributed by atoms with Crippen molar-refractivity contribution in [3.8, 4) is 5.69 Å². The van der Waals surface area contributed by atoms with Crippen LogP contribution >= 0.6 is 0 Å². The fourth-order valence-corrected chi connectivity index (χ4v) is 3.19. The third-order valence-corrected chi connectivity index (χ3v) is 4.24. The second kappa shape index (κ2) is 10.6. The molecule has 0 radical (unpaired) electrons. The average Bonchev–Trinajstić information content (AvgIpc) is 3.26. The molecule has 7 nitrogen and oxygen atoms in total. The van der Waals surface area contributed by atoms with Crippen LogP contribution in [0.5, 0.6) is 0 Å². The highest BCUT2D eigenvalue weighted by Gasteiger charge is 2.30. The van der Waals surface area contributed by atoms with Crippen molar-refractivity contribution in [2.24, 2.45) is 12.0 Å². The second-order valence-corrected chi connectivity index (χ2v) is 6.95. The number of hydrogen-bond acceptors (Lipinski definition) is 5. The molecule has 7 heteroatoms. The van der Waals surface area contributed by atoms with Crippen LogP contribution in [0.25, 0.3) is 5.69 Å². The standard InChI is InChI=1S/C18H18N6O.C3H8.C2H6/c1-11(25)9-14-18-21-20-12(2)24(18)15-10-23(3)22-17(15)16(19-14)13-7-5-4-6-8-13;1-3-2;1-2/h4-8,10,14H,9H2,1-3H3;3H2,1-2H3;1-2H3/t14-;;/m0../s1. The Balaban J connectivity index is 0.000000590. The van der Waals surface area contributed by atoms with Gasteiger partial charge in [-0.2, -0.15) is 5.10 Å². The summed E-state index contributed by atoms with van der Waals surface area (Å²) in [5.74, 6) is 1.49. The molecular formula is C23H32N6O. The zero-order valence-electron chi connectivity index (χ0n) is 19.0. The summed E-state index contributed by atoms with van der Waals surface area (Å²) in [6, 6.07) is 9.52. The van der Waals surface area contributed by atoms with Gasteiger partial charge in [0.25, 0.3) is 0 Å². The van der Waals surface area contributed by atoms with Crippen LogP contribution in [0.2, 0.25) is 0 Å². The largest absolute Gasteiger partial charge is 0.300 e. The first-order valence-electron chi connectivity index (χ1n) is 10.5. The van der Waals surface area contributed by atoms with Crippen molar-refractivity contribution in [3.05, 3.63) is 59.4 Å². The Morgan fingerprint density at radius 2 is 1.73 bits per heavy atom. The molecule has 3 heterocycles. The Labute approximate surface area is 178 Å². The molecule has 1 aliphatic heterocycles. The monoisotopic (exact) mass is 408 g/mol. The van der Waals surface area contributed by atoms with Crippen LogP contribution in [0.15, 0.2) is 41.5 Å². The maximum Gasteiger partial charge on any atom is 0.163 e. The third kappa shape index (κ3) is 4.90.